The number of hydrogen-bond acceptors (Lipinski definition) is 10. The first-order valence-corrected chi connectivity index (χ1v) is 12.1. The van der Waals surface area contributed by atoms with Crippen LogP contribution in [0.25, 0.3) is 17.0 Å². The Labute approximate surface area is 213 Å². The number of carbonyl (C=O) groups is 1. The molecule has 2 fully saturated rings. The van der Waals surface area contributed by atoms with Crippen LogP contribution in [0, 0.1) is 6.92 Å². The van der Waals surface area contributed by atoms with Gasteiger partial charge < -0.3 is 24.5 Å². The van der Waals surface area contributed by atoms with E-state index in [2.05, 4.69) is 35.1 Å². The molecule has 3 aromatic heterocycles. The molecule has 1 aromatic carbocycles. The molecule has 190 valence electrons. The predicted octanol–water partition coefficient (Wildman–Crippen LogP) is 2.21. The second-order valence-corrected chi connectivity index (χ2v) is 9.09. The second-order valence-electron chi connectivity index (χ2n) is 9.09. The van der Waals surface area contributed by atoms with E-state index >= 15 is 0 Å². The number of piperazine rings is 1. The fraction of sp³-hybridized carbons (Fsp3) is 0.320. The van der Waals surface area contributed by atoms with Crippen molar-refractivity contribution in [3.05, 3.63) is 54.7 Å². The van der Waals surface area contributed by atoms with Crippen LogP contribution < -0.4 is 20.7 Å². The predicted molar refractivity (Wildman–Crippen MR) is 138 cm³/mol. The molecular formula is C25H27N9O3. The number of ether oxygens (including phenoxy) is 2. The van der Waals surface area contributed by atoms with Gasteiger partial charge in [0.15, 0.2) is 0 Å². The van der Waals surface area contributed by atoms with Crippen molar-refractivity contribution in [2.45, 2.75) is 13.0 Å². The van der Waals surface area contributed by atoms with Crippen LogP contribution in [0.15, 0.2) is 49.1 Å². The summed E-state index contributed by atoms with van der Waals surface area (Å²) in [4.78, 5) is 34.9. The number of aromatic nitrogens is 5. The fourth-order valence-corrected chi connectivity index (χ4v) is 4.45. The van der Waals surface area contributed by atoms with Gasteiger partial charge in [-0.15, -0.1) is 0 Å². The zero-order valence-corrected chi connectivity index (χ0v) is 20.4. The van der Waals surface area contributed by atoms with Gasteiger partial charge in [0, 0.05) is 56.1 Å². The molecule has 12 nitrogen and oxygen atoms in total. The first-order chi connectivity index (χ1) is 18.0. The number of aryl methyl sites for hydroxylation is 1. The Bertz CT molecular complexity index is 1430. The van der Waals surface area contributed by atoms with Gasteiger partial charge in [0.05, 0.1) is 31.1 Å². The lowest BCUT2D eigenvalue weighted by Gasteiger charge is -2.43. The summed E-state index contributed by atoms with van der Waals surface area (Å²) in [6.07, 6.45) is 5.95. The molecule has 2 saturated heterocycles. The molecule has 6 rings (SSSR count). The van der Waals surface area contributed by atoms with Crippen molar-refractivity contribution in [1.82, 2.24) is 29.2 Å². The molecule has 0 spiro atoms. The lowest BCUT2D eigenvalue weighted by Crippen LogP contribution is -2.56. The van der Waals surface area contributed by atoms with Crippen molar-refractivity contribution in [3.8, 4) is 17.3 Å². The largest absolute Gasteiger partial charge is 0.418 e. The average Bonchev–Trinajstić information content (AvgIpc) is 3.35. The number of carbonyl (C=O) groups excluding carboxylic acids is 1. The van der Waals surface area contributed by atoms with Gasteiger partial charge in [0.1, 0.15) is 17.2 Å². The third-order valence-corrected chi connectivity index (χ3v) is 6.72. The highest BCUT2D eigenvalue weighted by atomic mass is 16.6. The highest BCUT2D eigenvalue weighted by Gasteiger charge is 2.28. The van der Waals surface area contributed by atoms with Crippen molar-refractivity contribution in [3.63, 3.8) is 0 Å². The van der Waals surface area contributed by atoms with Crippen molar-refractivity contribution in [1.29, 1.82) is 0 Å². The van der Waals surface area contributed by atoms with Gasteiger partial charge >= 0.3 is 6.09 Å². The minimum absolute atomic E-state index is 0.0484. The number of rotatable bonds is 5. The number of nitrogens with one attached hydrogen (secondary N) is 1. The van der Waals surface area contributed by atoms with Crippen molar-refractivity contribution in [2.75, 3.05) is 55.3 Å². The third kappa shape index (κ3) is 4.76. The minimum Gasteiger partial charge on any atom is -0.387 e. The molecule has 0 radical (unpaired) electrons. The first-order valence-electron chi connectivity index (χ1n) is 12.1. The third-order valence-electron chi connectivity index (χ3n) is 6.72. The summed E-state index contributed by atoms with van der Waals surface area (Å²) in [5, 5.41) is 2.76. The molecule has 0 unspecified atom stereocenters. The molecule has 0 saturated carbocycles. The summed E-state index contributed by atoms with van der Waals surface area (Å²) in [6.45, 7) is 7.43. The molecule has 12 heteroatoms. The Morgan fingerprint density at radius 3 is 2.57 bits per heavy atom. The smallest absolute Gasteiger partial charge is 0.387 e. The molecule has 0 atom stereocenters. The van der Waals surface area contributed by atoms with Gasteiger partial charge in [0.25, 0.3) is 5.88 Å². The number of nitrogen functional groups attached to an aromatic ring is 1. The topological polar surface area (TPSA) is 136 Å². The van der Waals surface area contributed by atoms with Crippen LogP contribution in [-0.2, 0) is 4.74 Å². The highest BCUT2D eigenvalue weighted by Crippen LogP contribution is 2.24. The minimum atomic E-state index is -0.673. The Balaban J connectivity index is 1.12. The molecule has 2 aliphatic heterocycles. The van der Waals surface area contributed by atoms with Crippen molar-refractivity contribution >= 4 is 28.9 Å². The van der Waals surface area contributed by atoms with Gasteiger partial charge in [-0.2, -0.15) is 0 Å². The standard InChI is InChI=1S/C25H27N9O3/c1-16-22(26)30-20(12-28-16)21-13-34-7-6-27-23(34)24(31-21)37-25(35)29-17-2-4-18(5-3-17)32-8-10-33(11-9-32)19-14-36-15-19/h2-7,12-13,19H,8-11,14-15H2,1H3,(H2,26,30)(H,29,35). The van der Waals surface area contributed by atoms with Crippen LogP contribution in [0.1, 0.15) is 5.69 Å². The van der Waals surface area contributed by atoms with E-state index < -0.39 is 6.09 Å². The molecule has 37 heavy (non-hydrogen) atoms. The van der Waals surface area contributed by atoms with E-state index in [4.69, 9.17) is 15.2 Å². The van der Waals surface area contributed by atoms with E-state index in [-0.39, 0.29) is 5.88 Å². The van der Waals surface area contributed by atoms with Crippen LogP contribution in [0.5, 0.6) is 5.88 Å². The Morgan fingerprint density at radius 2 is 1.86 bits per heavy atom. The summed E-state index contributed by atoms with van der Waals surface area (Å²) >= 11 is 0. The Hall–Kier alpha value is -4.29. The van der Waals surface area contributed by atoms with Gasteiger partial charge in [-0.05, 0) is 31.2 Å². The maximum atomic E-state index is 12.7. The number of amides is 1. The summed E-state index contributed by atoms with van der Waals surface area (Å²) in [6, 6.07) is 8.31. The van der Waals surface area contributed by atoms with E-state index in [1.54, 1.807) is 36.1 Å². The van der Waals surface area contributed by atoms with E-state index in [0.29, 0.717) is 40.3 Å². The molecule has 5 heterocycles. The number of hydrogen-bond donors (Lipinski definition) is 2. The molecular weight excluding hydrogens is 474 g/mol. The van der Waals surface area contributed by atoms with Crippen LogP contribution in [0.2, 0.25) is 0 Å². The van der Waals surface area contributed by atoms with Gasteiger partial charge in [-0.3, -0.25) is 15.2 Å². The quantitative estimate of drug-likeness (QED) is 0.419. The summed E-state index contributed by atoms with van der Waals surface area (Å²) in [7, 11) is 0. The van der Waals surface area contributed by atoms with Gasteiger partial charge in [0.2, 0.25) is 5.65 Å². The maximum Gasteiger partial charge on any atom is 0.418 e. The van der Waals surface area contributed by atoms with Gasteiger partial charge in [-0.25, -0.2) is 19.7 Å². The van der Waals surface area contributed by atoms with Crippen molar-refractivity contribution < 1.29 is 14.3 Å². The number of benzene rings is 1. The lowest BCUT2D eigenvalue weighted by molar-refractivity contribution is -0.0660. The molecule has 0 bridgehead atoms. The molecule has 4 aromatic rings. The van der Waals surface area contributed by atoms with E-state index in [1.807, 2.05) is 24.3 Å². The number of nitrogens with zero attached hydrogens (tertiary/aromatic N) is 7. The van der Waals surface area contributed by atoms with Crippen LogP contribution >= 0.6 is 0 Å². The first kappa shape index (κ1) is 23.1. The normalized spacial score (nSPS) is 16.5. The summed E-state index contributed by atoms with van der Waals surface area (Å²) in [5.74, 6) is 0.357. The van der Waals surface area contributed by atoms with Crippen LogP contribution in [0.3, 0.4) is 0 Å². The zero-order valence-electron chi connectivity index (χ0n) is 20.4. The molecule has 2 aliphatic rings. The summed E-state index contributed by atoms with van der Waals surface area (Å²) < 4.78 is 12.6. The fourth-order valence-electron chi connectivity index (χ4n) is 4.45. The monoisotopic (exact) mass is 501 g/mol. The van der Waals surface area contributed by atoms with E-state index in [9.17, 15) is 4.79 Å². The maximum absolute atomic E-state index is 12.7. The SMILES string of the molecule is Cc1ncc(-c2cn3ccnc3c(OC(=O)Nc3ccc(N4CCN(C5COC5)CC4)cc3)n2)nc1N. The molecule has 0 aliphatic carbocycles. The van der Waals surface area contributed by atoms with Crippen LogP contribution in [-0.4, -0.2) is 80.8 Å². The average molecular weight is 502 g/mol. The van der Waals surface area contributed by atoms with E-state index in [0.717, 1.165) is 45.1 Å². The van der Waals surface area contributed by atoms with Crippen molar-refractivity contribution in [2.24, 2.45) is 0 Å². The number of fused-ring (bicyclic) bond motifs is 1. The molecule has 1 amide bonds. The van der Waals surface area contributed by atoms with Crippen LogP contribution in [0.4, 0.5) is 22.0 Å². The zero-order chi connectivity index (χ0) is 25.4. The Kier molecular flexibility index (Phi) is 6.02. The Morgan fingerprint density at radius 1 is 1.08 bits per heavy atom. The highest BCUT2D eigenvalue weighted by molar-refractivity contribution is 5.87. The van der Waals surface area contributed by atoms with Gasteiger partial charge in [-0.1, -0.05) is 0 Å². The number of nitrogens with two attached hydrogens (primary N) is 1. The lowest BCUT2D eigenvalue weighted by atomic mass is 10.1. The number of imidazole rings is 1. The van der Waals surface area contributed by atoms with E-state index in [1.165, 1.54) is 0 Å². The second kappa shape index (κ2) is 9.64. The summed E-state index contributed by atoms with van der Waals surface area (Å²) in [5.41, 5.74) is 9.58. The number of anilines is 3. The molecule has 3 N–H and O–H groups in total.